The van der Waals surface area contributed by atoms with Crippen molar-refractivity contribution in [3.63, 3.8) is 0 Å². The summed E-state index contributed by atoms with van der Waals surface area (Å²) in [7, 11) is -4.46. The predicted molar refractivity (Wildman–Crippen MR) is 54.5 cm³/mol. The second-order valence-electron chi connectivity index (χ2n) is 3.36. The minimum atomic E-state index is -4.77. The summed E-state index contributed by atoms with van der Waals surface area (Å²) in [5.74, 6) is 0. The minimum Gasteiger partial charge on any atom is -0.778 e. The molecule has 2 unspecified atom stereocenters. The molecule has 7 heteroatoms. The lowest BCUT2D eigenvalue weighted by Gasteiger charge is -2.29. The lowest BCUT2D eigenvalue weighted by Crippen LogP contribution is -2.25. The van der Waals surface area contributed by atoms with Crippen LogP contribution in [0.5, 0.6) is 0 Å². The quantitative estimate of drug-likeness (QED) is 0.788. The van der Waals surface area contributed by atoms with Crippen molar-refractivity contribution in [2.45, 2.75) is 19.2 Å². The van der Waals surface area contributed by atoms with Crippen LogP contribution in [0.3, 0.4) is 0 Å². The van der Waals surface area contributed by atoms with Gasteiger partial charge in [-0.1, -0.05) is 37.3 Å². The Kier molecular flexibility index (Phi) is 4.36. The van der Waals surface area contributed by atoms with E-state index < -0.39 is 26.0 Å². The molecule has 0 spiro atoms. The fourth-order valence-electron chi connectivity index (χ4n) is 1.17. The van der Waals surface area contributed by atoms with Gasteiger partial charge in [-0.2, -0.15) is 13.2 Å². The molecule has 0 N–H and O–H groups in total. The van der Waals surface area contributed by atoms with Gasteiger partial charge in [0.1, 0.15) is 7.60 Å². The smallest absolute Gasteiger partial charge is 0.419 e. The van der Waals surface area contributed by atoms with Gasteiger partial charge in [-0.05, 0) is 5.56 Å². The largest absolute Gasteiger partial charge is 0.778 e. The van der Waals surface area contributed by atoms with E-state index >= 15 is 0 Å². The van der Waals surface area contributed by atoms with E-state index in [1.807, 2.05) is 0 Å². The maximum Gasteiger partial charge on any atom is 0.419 e. The molecule has 96 valence electrons. The summed E-state index contributed by atoms with van der Waals surface area (Å²) in [6.07, 6.45) is -7.68. The van der Waals surface area contributed by atoms with Crippen molar-refractivity contribution in [1.82, 2.24) is 0 Å². The van der Waals surface area contributed by atoms with E-state index in [4.69, 9.17) is 0 Å². The van der Waals surface area contributed by atoms with Crippen LogP contribution in [0.4, 0.5) is 13.2 Å². The Labute approximate surface area is 96.8 Å². The molecule has 17 heavy (non-hydrogen) atoms. The Bertz CT molecular complexity index is 405. The highest BCUT2D eigenvalue weighted by Crippen LogP contribution is 2.48. The molecule has 2 atom stereocenters. The van der Waals surface area contributed by atoms with Crippen LogP contribution < -0.4 is 4.89 Å². The topological polar surface area (TPSA) is 49.4 Å². The Morgan fingerprint density at radius 2 is 1.88 bits per heavy atom. The zero-order chi connectivity index (χ0) is 13.1. The summed E-state index contributed by atoms with van der Waals surface area (Å²) in [4.78, 5) is 11.1. The lowest BCUT2D eigenvalue weighted by molar-refractivity contribution is -0.240. The van der Waals surface area contributed by atoms with Gasteiger partial charge < -0.3 is 14.0 Å². The second kappa shape index (κ2) is 5.21. The Morgan fingerprint density at radius 1 is 1.35 bits per heavy atom. The Morgan fingerprint density at radius 3 is 2.29 bits per heavy atom. The first kappa shape index (κ1) is 14.2. The normalized spacial score (nSPS) is 17.5. The molecule has 0 radical (unpaired) electrons. The molecule has 0 aliphatic carbocycles. The molecular weight excluding hydrogens is 256 g/mol. The van der Waals surface area contributed by atoms with Crippen molar-refractivity contribution in [3.8, 4) is 0 Å². The van der Waals surface area contributed by atoms with Crippen molar-refractivity contribution >= 4 is 7.60 Å². The van der Waals surface area contributed by atoms with Gasteiger partial charge in [-0.25, -0.2) is 0 Å². The maximum absolute atomic E-state index is 12.7. The van der Waals surface area contributed by atoms with Crippen molar-refractivity contribution in [1.29, 1.82) is 0 Å². The first-order valence-corrected chi connectivity index (χ1v) is 6.59. The van der Waals surface area contributed by atoms with Crippen LogP contribution in [-0.4, -0.2) is 12.3 Å². The number of benzene rings is 1. The van der Waals surface area contributed by atoms with Gasteiger partial charge in [-0.3, -0.25) is 0 Å². The van der Waals surface area contributed by atoms with Crippen molar-refractivity contribution in [3.05, 3.63) is 35.9 Å². The van der Waals surface area contributed by atoms with Crippen LogP contribution in [0.25, 0.3) is 0 Å². The highest BCUT2D eigenvalue weighted by atomic mass is 31.2. The van der Waals surface area contributed by atoms with E-state index in [-0.39, 0.29) is 5.56 Å². The van der Waals surface area contributed by atoms with Gasteiger partial charge in [-0.15, -0.1) is 0 Å². The number of hydrogen-bond acceptors (Lipinski definition) is 3. The summed E-state index contributed by atoms with van der Waals surface area (Å²) >= 11 is 0. The average molecular weight is 267 g/mol. The van der Waals surface area contributed by atoms with Crippen LogP contribution in [-0.2, 0) is 9.09 Å². The summed E-state index contributed by atoms with van der Waals surface area (Å²) in [5, 5.41) is 0. The monoisotopic (exact) mass is 267 g/mol. The first-order chi connectivity index (χ1) is 7.76. The van der Waals surface area contributed by atoms with Crippen LogP contribution in [0, 0.1) is 0 Å². The number of hydrogen-bond donors (Lipinski definition) is 0. The average Bonchev–Trinajstić information content (AvgIpc) is 2.26. The molecule has 1 aromatic rings. The summed E-state index contributed by atoms with van der Waals surface area (Å²) < 4.78 is 53.4. The standard InChI is InChI=1S/C10H12F3O3P/c1-2-17(14,15)16-9(10(11,12)13)8-6-4-3-5-7-8/h3-7,9H,2H2,1H3,(H,14,15)/p-1. The minimum absolute atomic E-state index is 0.232. The zero-order valence-electron chi connectivity index (χ0n) is 8.98. The fraction of sp³-hybridized carbons (Fsp3) is 0.400. The second-order valence-corrected chi connectivity index (χ2v) is 5.43. The third kappa shape index (κ3) is 4.15. The van der Waals surface area contributed by atoms with Crippen LogP contribution >= 0.6 is 7.60 Å². The lowest BCUT2D eigenvalue weighted by atomic mass is 10.1. The third-order valence-electron chi connectivity index (χ3n) is 2.05. The molecule has 0 aliphatic heterocycles. The van der Waals surface area contributed by atoms with E-state index in [0.717, 1.165) is 0 Å². The van der Waals surface area contributed by atoms with Gasteiger partial charge >= 0.3 is 6.18 Å². The molecule has 0 saturated carbocycles. The van der Waals surface area contributed by atoms with Gasteiger partial charge in [0.2, 0.25) is 0 Å². The molecule has 0 saturated heterocycles. The van der Waals surface area contributed by atoms with Gasteiger partial charge in [0, 0.05) is 6.16 Å². The van der Waals surface area contributed by atoms with Gasteiger partial charge in [0.15, 0.2) is 6.10 Å². The van der Waals surface area contributed by atoms with Crippen LogP contribution in [0.1, 0.15) is 18.6 Å². The van der Waals surface area contributed by atoms with E-state index in [1.165, 1.54) is 37.3 Å². The van der Waals surface area contributed by atoms with Crippen LogP contribution in [0.15, 0.2) is 30.3 Å². The molecule has 3 nitrogen and oxygen atoms in total. The van der Waals surface area contributed by atoms with E-state index in [0.29, 0.717) is 0 Å². The number of rotatable bonds is 4. The molecule has 1 rings (SSSR count). The molecule has 0 amide bonds. The van der Waals surface area contributed by atoms with Crippen molar-refractivity contribution in [2.24, 2.45) is 0 Å². The van der Waals surface area contributed by atoms with Crippen molar-refractivity contribution in [2.75, 3.05) is 6.16 Å². The van der Waals surface area contributed by atoms with Crippen LogP contribution in [0.2, 0.25) is 0 Å². The summed E-state index contributed by atoms with van der Waals surface area (Å²) in [5.41, 5.74) is -0.232. The SMILES string of the molecule is CCP(=O)([O-])OC(c1ccccc1)C(F)(F)F. The fourth-order valence-corrected chi connectivity index (χ4v) is 1.88. The number of halogens is 3. The molecule has 0 heterocycles. The molecule has 0 aliphatic rings. The maximum atomic E-state index is 12.7. The predicted octanol–water partition coefficient (Wildman–Crippen LogP) is 2.88. The summed E-state index contributed by atoms with van der Waals surface area (Å²) in [6.45, 7) is 1.23. The Hall–Kier alpha value is -0.840. The van der Waals surface area contributed by atoms with E-state index in [1.54, 1.807) is 0 Å². The number of alkyl halides is 3. The van der Waals surface area contributed by atoms with E-state index in [2.05, 4.69) is 4.52 Å². The molecule has 0 fully saturated rings. The molecule has 0 bridgehead atoms. The third-order valence-corrected chi connectivity index (χ3v) is 3.36. The van der Waals surface area contributed by atoms with Gasteiger partial charge in [0.05, 0.1) is 0 Å². The van der Waals surface area contributed by atoms with Gasteiger partial charge in [0.25, 0.3) is 0 Å². The summed E-state index contributed by atoms with van der Waals surface area (Å²) in [6, 6.07) is 6.66. The highest BCUT2D eigenvalue weighted by Gasteiger charge is 2.43. The molecule has 1 aromatic carbocycles. The van der Waals surface area contributed by atoms with Crippen molar-refractivity contribution < 1.29 is 27.2 Å². The highest BCUT2D eigenvalue weighted by molar-refractivity contribution is 7.51. The zero-order valence-corrected chi connectivity index (χ0v) is 9.87. The van der Waals surface area contributed by atoms with E-state index in [9.17, 15) is 22.6 Å². The molecule has 0 aromatic heterocycles. The molecular formula is C10H11F3O3P-. The Balaban J connectivity index is 3.03. The first-order valence-electron chi connectivity index (χ1n) is 4.86.